The minimum atomic E-state index is 0.374. The topological polar surface area (TPSA) is 12.0 Å². The van der Waals surface area contributed by atoms with Crippen LogP contribution in [0.5, 0.6) is 0 Å². The second-order valence-electron chi connectivity index (χ2n) is 2.77. The average Bonchev–Trinajstić information content (AvgIpc) is 2.10. The summed E-state index contributed by atoms with van der Waals surface area (Å²) in [5.74, 6) is 0. The van der Waals surface area contributed by atoms with Crippen molar-refractivity contribution in [1.29, 1.82) is 0 Å². The van der Waals surface area contributed by atoms with Crippen molar-refractivity contribution in [3.63, 3.8) is 0 Å². The highest BCUT2D eigenvalue weighted by Gasteiger charge is 2.08. The maximum absolute atomic E-state index is 6.04. The van der Waals surface area contributed by atoms with E-state index in [1.807, 2.05) is 25.2 Å². The summed E-state index contributed by atoms with van der Waals surface area (Å²) < 4.78 is 0. The van der Waals surface area contributed by atoms with E-state index >= 15 is 0 Å². The summed E-state index contributed by atoms with van der Waals surface area (Å²) in [6, 6.07) is 8.33. The number of halogens is 1. The lowest BCUT2D eigenvalue weighted by Crippen LogP contribution is -2.15. The third kappa shape index (κ3) is 1.99. The predicted molar refractivity (Wildman–Crippen MR) is 53.5 cm³/mol. The van der Waals surface area contributed by atoms with E-state index in [0.717, 1.165) is 11.4 Å². The van der Waals surface area contributed by atoms with Crippen LogP contribution in [0, 0.1) is 0 Å². The molecular formula is C10H14ClN. The molecular weight excluding hydrogens is 170 g/mol. The van der Waals surface area contributed by atoms with Crippen molar-refractivity contribution in [2.24, 2.45) is 0 Å². The van der Waals surface area contributed by atoms with E-state index < -0.39 is 0 Å². The maximum Gasteiger partial charge on any atom is 0.0453 e. The fraction of sp³-hybridized carbons (Fsp3) is 0.400. The number of hydrogen-bond donors (Lipinski definition) is 1. The first kappa shape index (κ1) is 9.56. The van der Waals surface area contributed by atoms with E-state index in [-0.39, 0.29) is 0 Å². The minimum absolute atomic E-state index is 0.374. The van der Waals surface area contributed by atoms with Gasteiger partial charge in [0.25, 0.3) is 0 Å². The molecule has 12 heavy (non-hydrogen) atoms. The van der Waals surface area contributed by atoms with Gasteiger partial charge in [-0.1, -0.05) is 36.7 Å². The quantitative estimate of drug-likeness (QED) is 0.760. The monoisotopic (exact) mass is 183 g/mol. The summed E-state index contributed by atoms with van der Waals surface area (Å²) in [6.45, 7) is 2.14. The molecule has 0 heterocycles. The lowest BCUT2D eigenvalue weighted by molar-refractivity contribution is 0.577. The zero-order valence-corrected chi connectivity index (χ0v) is 8.23. The summed E-state index contributed by atoms with van der Waals surface area (Å²) in [6.07, 6.45) is 1.06. The van der Waals surface area contributed by atoms with E-state index in [0.29, 0.717) is 6.04 Å². The normalized spacial score (nSPS) is 12.9. The van der Waals surface area contributed by atoms with Crippen LogP contribution in [0.4, 0.5) is 0 Å². The second-order valence-corrected chi connectivity index (χ2v) is 3.18. The first-order valence-electron chi connectivity index (χ1n) is 4.21. The van der Waals surface area contributed by atoms with E-state index in [9.17, 15) is 0 Å². The number of hydrogen-bond acceptors (Lipinski definition) is 1. The molecule has 0 aliphatic rings. The molecule has 0 aliphatic carbocycles. The molecule has 1 atom stereocenters. The molecule has 0 saturated heterocycles. The third-order valence-corrected chi connectivity index (χ3v) is 2.38. The van der Waals surface area contributed by atoms with Crippen molar-refractivity contribution >= 4 is 11.6 Å². The third-order valence-electron chi connectivity index (χ3n) is 2.04. The summed E-state index contributed by atoms with van der Waals surface area (Å²) in [4.78, 5) is 0. The molecule has 1 aromatic carbocycles. The van der Waals surface area contributed by atoms with E-state index in [4.69, 9.17) is 11.6 Å². The van der Waals surface area contributed by atoms with E-state index in [1.165, 1.54) is 5.56 Å². The largest absolute Gasteiger partial charge is 0.313 e. The predicted octanol–water partition coefficient (Wildman–Crippen LogP) is 3.01. The van der Waals surface area contributed by atoms with Crippen molar-refractivity contribution in [1.82, 2.24) is 5.32 Å². The SMILES string of the molecule is CC[C@H](NC)c1ccccc1Cl. The van der Waals surface area contributed by atoms with Crippen LogP contribution in [0.15, 0.2) is 24.3 Å². The highest BCUT2D eigenvalue weighted by molar-refractivity contribution is 6.31. The molecule has 1 rings (SSSR count). The van der Waals surface area contributed by atoms with Crippen molar-refractivity contribution in [2.75, 3.05) is 7.05 Å². The Hall–Kier alpha value is -0.530. The van der Waals surface area contributed by atoms with Crippen LogP contribution in [0.2, 0.25) is 5.02 Å². The molecule has 0 spiro atoms. The van der Waals surface area contributed by atoms with Gasteiger partial charge in [0, 0.05) is 11.1 Å². The van der Waals surface area contributed by atoms with Crippen molar-refractivity contribution in [2.45, 2.75) is 19.4 Å². The van der Waals surface area contributed by atoms with Gasteiger partial charge in [0.2, 0.25) is 0 Å². The van der Waals surface area contributed by atoms with Crippen LogP contribution >= 0.6 is 11.6 Å². The van der Waals surface area contributed by atoms with Gasteiger partial charge < -0.3 is 5.32 Å². The Bertz CT molecular complexity index is 243. The van der Waals surface area contributed by atoms with Crippen molar-refractivity contribution in [3.05, 3.63) is 34.9 Å². The Morgan fingerprint density at radius 3 is 2.58 bits per heavy atom. The van der Waals surface area contributed by atoms with Crippen LogP contribution in [0.3, 0.4) is 0 Å². The fourth-order valence-corrected chi connectivity index (χ4v) is 1.60. The molecule has 0 radical (unpaired) electrons. The Morgan fingerprint density at radius 2 is 2.08 bits per heavy atom. The van der Waals surface area contributed by atoms with Gasteiger partial charge in [-0.25, -0.2) is 0 Å². The van der Waals surface area contributed by atoms with Gasteiger partial charge >= 0.3 is 0 Å². The Kier molecular flexibility index (Phi) is 3.57. The first-order valence-corrected chi connectivity index (χ1v) is 4.59. The van der Waals surface area contributed by atoms with Crippen LogP contribution in [-0.4, -0.2) is 7.05 Å². The summed E-state index contributed by atoms with van der Waals surface area (Å²) in [5, 5.41) is 4.07. The highest BCUT2D eigenvalue weighted by atomic mass is 35.5. The molecule has 0 unspecified atom stereocenters. The van der Waals surface area contributed by atoms with Crippen LogP contribution in [0.25, 0.3) is 0 Å². The van der Waals surface area contributed by atoms with E-state index in [2.05, 4.69) is 18.3 Å². The van der Waals surface area contributed by atoms with Crippen LogP contribution in [0.1, 0.15) is 24.9 Å². The van der Waals surface area contributed by atoms with Crippen molar-refractivity contribution < 1.29 is 0 Å². The zero-order chi connectivity index (χ0) is 8.97. The summed E-state index contributed by atoms with van der Waals surface area (Å²) >= 11 is 6.04. The fourth-order valence-electron chi connectivity index (χ4n) is 1.34. The van der Waals surface area contributed by atoms with Gasteiger partial charge in [-0.15, -0.1) is 0 Å². The highest BCUT2D eigenvalue weighted by Crippen LogP contribution is 2.23. The van der Waals surface area contributed by atoms with Gasteiger partial charge in [0.15, 0.2) is 0 Å². The average molecular weight is 184 g/mol. The molecule has 0 aliphatic heterocycles. The lowest BCUT2D eigenvalue weighted by atomic mass is 10.1. The second kappa shape index (κ2) is 4.48. The zero-order valence-electron chi connectivity index (χ0n) is 7.47. The number of benzene rings is 1. The standard InChI is InChI=1S/C10H14ClN/c1-3-10(12-2)8-6-4-5-7-9(8)11/h4-7,10,12H,3H2,1-2H3/t10-/m0/s1. The Balaban J connectivity index is 2.92. The molecule has 1 N–H and O–H groups in total. The van der Waals surface area contributed by atoms with Crippen LogP contribution < -0.4 is 5.32 Å². The molecule has 0 aromatic heterocycles. The first-order chi connectivity index (χ1) is 5.79. The summed E-state index contributed by atoms with van der Waals surface area (Å²) in [5.41, 5.74) is 1.18. The minimum Gasteiger partial charge on any atom is -0.313 e. The number of rotatable bonds is 3. The Labute approximate surface area is 78.7 Å². The molecule has 0 fully saturated rings. The molecule has 0 saturated carbocycles. The molecule has 2 heteroatoms. The van der Waals surface area contributed by atoms with Gasteiger partial charge in [0.05, 0.1) is 0 Å². The maximum atomic E-state index is 6.04. The van der Waals surface area contributed by atoms with Crippen molar-refractivity contribution in [3.8, 4) is 0 Å². The van der Waals surface area contributed by atoms with E-state index in [1.54, 1.807) is 0 Å². The van der Waals surface area contributed by atoms with Gasteiger partial charge in [0.1, 0.15) is 0 Å². The van der Waals surface area contributed by atoms with Crippen LogP contribution in [-0.2, 0) is 0 Å². The molecule has 66 valence electrons. The van der Waals surface area contributed by atoms with Gasteiger partial charge in [-0.05, 0) is 25.1 Å². The number of nitrogens with one attached hydrogen (secondary N) is 1. The van der Waals surface area contributed by atoms with Gasteiger partial charge in [-0.2, -0.15) is 0 Å². The molecule has 0 amide bonds. The molecule has 0 bridgehead atoms. The smallest absolute Gasteiger partial charge is 0.0453 e. The molecule has 1 aromatic rings. The summed E-state index contributed by atoms with van der Waals surface area (Å²) in [7, 11) is 1.96. The van der Waals surface area contributed by atoms with Gasteiger partial charge in [-0.3, -0.25) is 0 Å². The lowest BCUT2D eigenvalue weighted by Gasteiger charge is -2.15. The Morgan fingerprint density at radius 1 is 1.42 bits per heavy atom. The molecule has 1 nitrogen and oxygen atoms in total.